The molecule has 1 aromatic carbocycles. The Kier molecular flexibility index (Phi) is 4.29. The van der Waals surface area contributed by atoms with Crippen molar-refractivity contribution in [1.29, 1.82) is 0 Å². The largest absolute Gasteiger partial charge is 0.388 e. The fraction of sp³-hybridized carbons (Fsp3) is 0.429. The molecule has 17 heavy (non-hydrogen) atoms. The van der Waals surface area contributed by atoms with Gasteiger partial charge >= 0.3 is 0 Å². The lowest BCUT2D eigenvalue weighted by molar-refractivity contribution is 0.145. The van der Waals surface area contributed by atoms with E-state index in [4.69, 9.17) is 0 Å². The van der Waals surface area contributed by atoms with Gasteiger partial charge in [-0.05, 0) is 30.5 Å². The van der Waals surface area contributed by atoms with Gasteiger partial charge in [0.25, 0.3) is 0 Å². The minimum absolute atomic E-state index is 0.262. The third kappa shape index (κ3) is 3.65. The minimum Gasteiger partial charge on any atom is -0.388 e. The summed E-state index contributed by atoms with van der Waals surface area (Å²) < 4.78 is 12.7. The molecule has 0 saturated heterocycles. The summed E-state index contributed by atoms with van der Waals surface area (Å²) in [4.78, 5) is 2.31. The molecule has 92 valence electrons. The molecule has 1 aliphatic rings. The second-order valence-electron chi connectivity index (χ2n) is 4.42. The summed E-state index contributed by atoms with van der Waals surface area (Å²) in [5.41, 5.74) is 0.791. The molecule has 2 rings (SSSR count). The Morgan fingerprint density at radius 2 is 2.00 bits per heavy atom. The van der Waals surface area contributed by atoms with E-state index in [-0.39, 0.29) is 5.82 Å². The van der Waals surface area contributed by atoms with E-state index in [0.717, 1.165) is 31.6 Å². The zero-order valence-electron chi connectivity index (χ0n) is 9.85. The lowest BCUT2D eigenvalue weighted by Crippen LogP contribution is -2.29. The number of hydrogen-bond acceptors (Lipinski definition) is 2. The first-order valence-corrected chi connectivity index (χ1v) is 6.06. The van der Waals surface area contributed by atoms with Crippen molar-refractivity contribution in [1.82, 2.24) is 4.90 Å². The first kappa shape index (κ1) is 12.3. The van der Waals surface area contributed by atoms with Gasteiger partial charge in [-0.15, -0.1) is 0 Å². The molecule has 0 spiro atoms. The maximum Gasteiger partial charge on any atom is 0.123 e. The summed E-state index contributed by atoms with van der Waals surface area (Å²) in [5, 5.41) is 9.97. The lowest BCUT2D eigenvalue weighted by Gasteiger charge is -2.24. The molecular formula is C14H18FNO. The molecule has 1 aromatic rings. The molecule has 0 saturated carbocycles. The Bertz CT molecular complexity index is 374. The Labute approximate surface area is 101 Å². The summed E-state index contributed by atoms with van der Waals surface area (Å²) >= 11 is 0. The number of hydrogen-bond donors (Lipinski definition) is 1. The van der Waals surface area contributed by atoms with Crippen molar-refractivity contribution in [3.8, 4) is 0 Å². The molecule has 0 radical (unpaired) electrons. The molecule has 2 nitrogen and oxygen atoms in total. The first-order valence-electron chi connectivity index (χ1n) is 6.06. The molecule has 1 N–H and O–H groups in total. The van der Waals surface area contributed by atoms with Gasteiger partial charge in [0.1, 0.15) is 5.82 Å². The van der Waals surface area contributed by atoms with Gasteiger partial charge in [0.15, 0.2) is 0 Å². The summed E-state index contributed by atoms with van der Waals surface area (Å²) in [6.45, 7) is 2.91. The number of aliphatic hydroxyl groups excluding tert-OH is 1. The van der Waals surface area contributed by atoms with Crippen LogP contribution in [-0.2, 0) is 0 Å². The maximum absolute atomic E-state index is 12.7. The quantitative estimate of drug-likeness (QED) is 0.811. The Morgan fingerprint density at radius 1 is 1.24 bits per heavy atom. The molecule has 3 heteroatoms. The van der Waals surface area contributed by atoms with Crippen molar-refractivity contribution in [3.63, 3.8) is 0 Å². The van der Waals surface area contributed by atoms with E-state index >= 15 is 0 Å². The van der Waals surface area contributed by atoms with Gasteiger partial charge in [-0.3, -0.25) is 4.90 Å². The average molecular weight is 235 g/mol. The summed E-state index contributed by atoms with van der Waals surface area (Å²) in [7, 11) is 0. The van der Waals surface area contributed by atoms with Crippen LogP contribution in [0.4, 0.5) is 4.39 Å². The predicted octanol–water partition coefficient (Wildman–Crippen LogP) is 2.51. The highest BCUT2D eigenvalue weighted by Crippen LogP contribution is 2.17. The predicted molar refractivity (Wildman–Crippen MR) is 66.2 cm³/mol. The van der Waals surface area contributed by atoms with Crippen LogP contribution in [0, 0.1) is 5.82 Å². The van der Waals surface area contributed by atoms with E-state index in [1.54, 1.807) is 12.1 Å². The topological polar surface area (TPSA) is 23.5 Å². The average Bonchev–Trinajstić information content (AvgIpc) is 2.38. The van der Waals surface area contributed by atoms with Crippen molar-refractivity contribution < 1.29 is 9.50 Å². The van der Waals surface area contributed by atoms with E-state index in [1.807, 2.05) is 0 Å². The van der Waals surface area contributed by atoms with Crippen LogP contribution in [-0.4, -0.2) is 29.6 Å². The second kappa shape index (κ2) is 5.94. The lowest BCUT2D eigenvalue weighted by atomic mass is 10.1. The highest BCUT2D eigenvalue weighted by Gasteiger charge is 2.11. The van der Waals surface area contributed by atoms with Gasteiger partial charge < -0.3 is 5.11 Å². The fourth-order valence-electron chi connectivity index (χ4n) is 2.05. The molecule has 0 aliphatic carbocycles. The zero-order chi connectivity index (χ0) is 12.1. The maximum atomic E-state index is 12.7. The van der Waals surface area contributed by atoms with Gasteiger partial charge in [-0.1, -0.05) is 24.3 Å². The second-order valence-corrected chi connectivity index (χ2v) is 4.42. The molecule has 1 unspecified atom stereocenters. The van der Waals surface area contributed by atoms with E-state index in [0.29, 0.717) is 6.42 Å². The summed E-state index contributed by atoms with van der Waals surface area (Å²) in [5.74, 6) is -0.262. The van der Waals surface area contributed by atoms with Crippen LogP contribution in [0.15, 0.2) is 36.4 Å². The molecule has 0 fully saturated rings. The molecular weight excluding hydrogens is 217 g/mol. The minimum atomic E-state index is -0.499. The number of aliphatic hydroxyl groups is 1. The zero-order valence-corrected chi connectivity index (χ0v) is 9.85. The van der Waals surface area contributed by atoms with Crippen LogP contribution in [0.3, 0.4) is 0 Å². The van der Waals surface area contributed by atoms with Gasteiger partial charge in [-0.2, -0.15) is 0 Å². The SMILES string of the molecule is OC(CCN1CC=CCC1)c1ccc(F)cc1. The van der Waals surface area contributed by atoms with Gasteiger partial charge in [0, 0.05) is 19.6 Å². The van der Waals surface area contributed by atoms with Gasteiger partial charge in [0.2, 0.25) is 0 Å². The number of nitrogens with zero attached hydrogens (tertiary/aromatic N) is 1. The molecule has 0 aromatic heterocycles. The highest BCUT2D eigenvalue weighted by atomic mass is 19.1. The van der Waals surface area contributed by atoms with E-state index < -0.39 is 6.10 Å². The van der Waals surface area contributed by atoms with E-state index in [1.165, 1.54) is 12.1 Å². The Morgan fingerprint density at radius 3 is 2.65 bits per heavy atom. The third-order valence-corrected chi connectivity index (χ3v) is 3.12. The standard InChI is InChI=1S/C14H18FNO/c15-13-6-4-12(5-7-13)14(17)8-11-16-9-2-1-3-10-16/h1-2,4-7,14,17H,3,8-11H2. The van der Waals surface area contributed by atoms with Gasteiger partial charge in [-0.25, -0.2) is 4.39 Å². The summed E-state index contributed by atoms with van der Waals surface area (Å²) in [6, 6.07) is 6.08. The van der Waals surface area contributed by atoms with Crippen molar-refractivity contribution >= 4 is 0 Å². The van der Waals surface area contributed by atoms with Crippen LogP contribution >= 0.6 is 0 Å². The van der Waals surface area contributed by atoms with Crippen LogP contribution in [0.1, 0.15) is 24.5 Å². The van der Waals surface area contributed by atoms with E-state index in [2.05, 4.69) is 17.1 Å². The Balaban J connectivity index is 1.82. The Hall–Kier alpha value is -1.19. The van der Waals surface area contributed by atoms with Crippen LogP contribution < -0.4 is 0 Å². The molecule has 1 atom stereocenters. The molecule has 0 amide bonds. The number of benzene rings is 1. The normalized spacial score (nSPS) is 18.2. The molecule has 1 heterocycles. The van der Waals surface area contributed by atoms with Crippen LogP contribution in [0.2, 0.25) is 0 Å². The van der Waals surface area contributed by atoms with Crippen LogP contribution in [0.25, 0.3) is 0 Å². The number of rotatable bonds is 4. The van der Waals surface area contributed by atoms with Crippen molar-refractivity contribution in [2.24, 2.45) is 0 Å². The monoisotopic (exact) mass is 235 g/mol. The first-order chi connectivity index (χ1) is 8.25. The van der Waals surface area contributed by atoms with Crippen LogP contribution in [0.5, 0.6) is 0 Å². The molecule has 1 aliphatic heterocycles. The highest BCUT2D eigenvalue weighted by molar-refractivity contribution is 5.18. The fourth-order valence-corrected chi connectivity index (χ4v) is 2.05. The van der Waals surface area contributed by atoms with Crippen molar-refractivity contribution in [2.45, 2.75) is 18.9 Å². The summed E-state index contributed by atoms with van der Waals surface area (Å²) in [6.07, 6.45) is 5.63. The third-order valence-electron chi connectivity index (χ3n) is 3.12. The smallest absolute Gasteiger partial charge is 0.123 e. The molecule has 0 bridgehead atoms. The van der Waals surface area contributed by atoms with Gasteiger partial charge in [0.05, 0.1) is 6.10 Å². The van der Waals surface area contributed by atoms with Crippen molar-refractivity contribution in [3.05, 3.63) is 47.8 Å². The number of halogens is 1. The van der Waals surface area contributed by atoms with Crippen molar-refractivity contribution in [2.75, 3.05) is 19.6 Å². The van der Waals surface area contributed by atoms with E-state index in [9.17, 15) is 9.50 Å².